The van der Waals surface area contributed by atoms with Crippen LogP contribution in [0.2, 0.25) is 0 Å². The Morgan fingerprint density at radius 3 is 2.16 bits per heavy atom. The molecule has 0 bridgehead atoms. The highest BCUT2D eigenvalue weighted by molar-refractivity contribution is 6.10. The zero-order chi connectivity index (χ0) is 18.4. The fourth-order valence-corrected chi connectivity index (χ4v) is 2.33. The molecule has 1 fully saturated rings. The number of cyclic esters (lactones) is 2. The van der Waals surface area contributed by atoms with Crippen molar-refractivity contribution in [2.75, 3.05) is 6.61 Å². The number of esters is 3. The average molecular weight is 347 g/mol. The van der Waals surface area contributed by atoms with Gasteiger partial charge in [0.1, 0.15) is 0 Å². The summed E-state index contributed by atoms with van der Waals surface area (Å²) < 4.78 is 15.5. The molecule has 7 nitrogen and oxygen atoms in total. The van der Waals surface area contributed by atoms with Crippen LogP contribution in [0.5, 0.6) is 0 Å². The molecule has 0 saturated carbocycles. The van der Waals surface area contributed by atoms with Crippen molar-refractivity contribution in [3.63, 3.8) is 0 Å². The van der Waals surface area contributed by atoms with E-state index in [0.29, 0.717) is 30.7 Å². The first kappa shape index (κ1) is 18.6. The quantitative estimate of drug-likeness (QED) is 0.446. The number of carbonyl (C=O) groups is 3. The van der Waals surface area contributed by atoms with Crippen LogP contribution in [-0.4, -0.2) is 36.5 Å². The van der Waals surface area contributed by atoms with Gasteiger partial charge in [0.05, 0.1) is 17.9 Å². The summed E-state index contributed by atoms with van der Waals surface area (Å²) in [5.74, 6) is -4.15. The fraction of sp³-hybridized carbons (Fsp3) is 0.444. The van der Waals surface area contributed by atoms with Crippen LogP contribution in [0.1, 0.15) is 44.0 Å². The topological polar surface area (TPSA) is 91.3 Å². The zero-order valence-corrected chi connectivity index (χ0v) is 14.5. The van der Waals surface area contributed by atoms with Gasteiger partial charge in [-0.3, -0.25) is 14.6 Å². The summed E-state index contributed by atoms with van der Waals surface area (Å²) in [5, 5.41) is 0. The van der Waals surface area contributed by atoms with Crippen LogP contribution in [0, 0.1) is 5.92 Å². The summed E-state index contributed by atoms with van der Waals surface area (Å²) in [5.41, 5.74) is 0.879. The SMILES string of the molecule is CCOC(=O)c1ccc(N=CC2C(=O)OC(CC)(CC)OC2=O)cc1. The van der Waals surface area contributed by atoms with Crippen LogP contribution >= 0.6 is 0 Å². The van der Waals surface area contributed by atoms with E-state index in [9.17, 15) is 14.4 Å². The maximum Gasteiger partial charge on any atom is 0.338 e. The van der Waals surface area contributed by atoms with E-state index in [2.05, 4.69) is 4.99 Å². The van der Waals surface area contributed by atoms with Gasteiger partial charge in [0.2, 0.25) is 0 Å². The molecule has 0 aliphatic carbocycles. The molecule has 7 heteroatoms. The van der Waals surface area contributed by atoms with E-state index in [1.165, 1.54) is 6.21 Å². The second-order valence-corrected chi connectivity index (χ2v) is 5.48. The first-order valence-electron chi connectivity index (χ1n) is 8.21. The Balaban J connectivity index is 2.08. The molecule has 134 valence electrons. The van der Waals surface area contributed by atoms with Crippen LogP contribution in [0.15, 0.2) is 29.3 Å². The van der Waals surface area contributed by atoms with Crippen LogP contribution in [0.4, 0.5) is 5.69 Å². The Labute approximate surface area is 146 Å². The Hall–Kier alpha value is -2.70. The van der Waals surface area contributed by atoms with Crippen molar-refractivity contribution < 1.29 is 28.6 Å². The first-order chi connectivity index (χ1) is 11.9. The van der Waals surface area contributed by atoms with Gasteiger partial charge in [0.15, 0.2) is 5.92 Å². The van der Waals surface area contributed by atoms with E-state index < -0.39 is 29.6 Å². The smallest absolute Gasteiger partial charge is 0.338 e. The monoisotopic (exact) mass is 347 g/mol. The van der Waals surface area contributed by atoms with Crippen molar-refractivity contribution in [1.82, 2.24) is 0 Å². The minimum Gasteiger partial charge on any atom is -0.462 e. The molecule has 0 radical (unpaired) electrons. The molecule has 1 aliphatic rings. The maximum absolute atomic E-state index is 12.1. The van der Waals surface area contributed by atoms with Crippen molar-refractivity contribution in [2.45, 2.75) is 39.4 Å². The Bertz CT molecular complexity index is 655. The number of rotatable bonds is 6. The number of hydrogen-bond acceptors (Lipinski definition) is 7. The van der Waals surface area contributed by atoms with Gasteiger partial charge in [-0.25, -0.2) is 4.79 Å². The number of benzene rings is 1. The second kappa shape index (κ2) is 7.92. The van der Waals surface area contributed by atoms with Gasteiger partial charge < -0.3 is 14.2 Å². The van der Waals surface area contributed by atoms with E-state index in [1.807, 2.05) is 0 Å². The molecule has 0 atom stereocenters. The Morgan fingerprint density at radius 2 is 1.68 bits per heavy atom. The highest BCUT2D eigenvalue weighted by Gasteiger charge is 2.46. The molecule has 1 aromatic carbocycles. The molecule has 0 spiro atoms. The van der Waals surface area contributed by atoms with Gasteiger partial charge in [-0.2, -0.15) is 0 Å². The lowest BCUT2D eigenvalue weighted by Crippen LogP contribution is -2.49. The maximum atomic E-state index is 12.1. The Kier molecular flexibility index (Phi) is 5.90. The van der Waals surface area contributed by atoms with Crippen LogP contribution in [0.25, 0.3) is 0 Å². The molecule has 1 heterocycles. The Morgan fingerprint density at radius 1 is 1.12 bits per heavy atom. The second-order valence-electron chi connectivity index (χ2n) is 5.48. The minimum atomic E-state index is -1.20. The van der Waals surface area contributed by atoms with Gasteiger partial charge in [-0.15, -0.1) is 0 Å². The molecule has 0 aromatic heterocycles. The van der Waals surface area contributed by atoms with Crippen molar-refractivity contribution in [2.24, 2.45) is 10.9 Å². The van der Waals surface area contributed by atoms with E-state index in [1.54, 1.807) is 45.0 Å². The van der Waals surface area contributed by atoms with Crippen molar-refractivity contribution in [1.29, 1.82) is 0 Å². The van der Waals surface area contributed by atoms with Gasteiger partial charge >= 0.3 is 17.9 Å². The van der Waals surface area contributed by atoms with E-state index in [0.717, 1.165) is 0 Å². The van der Waals surface area contributed by atoms with Crippen molar-refractivity contribution >= 4 is 29.8 Å². The number of hydrogen-bond donors (Lipinski definition) is 0. The molecule has 1 aromatic rings. The normalized spacial score (nSPS) is 17.2. The summed E-state index contributed by atoms with van der Waals surface area (Å²) in [4.78, 5) is 39.9. The van der Waals surface area contributed by atoms with E-state index in [4.69, 9.17) is 14.2 Å². The molecule has 25 heavy (non-hydrogen) atoms. The molecule has 1 saturated heterocycles. The number of aliphatic imine (C=N–C) groups is 1. The van der Waals surface area contributed by atoms with Crippen LogP contribution < -0.4 is 0 Å². The largest absolute Gasteiger partial charge is 0.462 e. The number of ether oxygens (including phenoxy) is 3. The summed E-state index contributed by atoms with van der Waals surface area (Å²) >= 11 is 0. The van der Waals surface area contributed by atoms with Crippen LogP contribution in [0.3, 0.4) is 0 Å². The van der Waals surface area contributed by atoms with Gasteiger partial charge in [0.25, 0.3) is 5.79 Å². The third kappa shape index (κ3) is 4.23. The van der Waals surface area contributed by atoms with Crippen LogP contribution in [-0.2, 0) is 23.8 Å². The molecular formula is C18H21NO6. The van der Waals surface area contributed by atoms with Gasteiger partial charge in [0, 0.05) is 19.1 Å². The summed E-state index contributed by atoms with van der Waals surface area (Å²) in [6.07, 6.45) is 1.97. The number of nitrogens with zero attached hydrogens (tertiary/aromatic N) is 1. The predicted molar refractivity (Wildman–Crippen MR) is 89.5 cm³/mol. The van der Waals surface area contributed by atoms with E-state index in [-0.39, 0.29) is 0 Å². The lowest BCUT2D eigenvalue weighted by molar-refractivity contribution is -0.250. The van der Waals surface area contributed by atoms with Gasteiger partial charge in [-0.1, -0.05) is 13.8 Å². The fourth-order valence-electron chi connectivity index (χ4n) is 2.33. The number of carbonyl (C=O) groups excluding carboxylic acids is 3. The van der Waals surface area contributed by atoms with Crippen molar-refractivity contribution in [3.8, 4) is 0 Å². The first-order valence-corrected chi connectivity index (χ1v) is 8.21. The predicted octanol–water partition coefficient (Wildman–Crippen LogP) is 2.80. The molecule has 0 unspecified atom stereocenters. The summed E-state index contributed by atoms with van der Waals surface area (Å²) in [6.45, 7) is 5.58. The molecule has 0 N–H and O–H groups in total. The summed E-state index contributed by atoms with van der Waals surface area (Å²) in [7, 11) is 0. The molecule has 2 rings (SSSR count). The lowest BCUT2D eigenvalue weighted by atomic mass is 10.1. The lowest BCUT2D eigenvalue weighted by Gasteiger charge is -2.36. The minimum absolute atomic E-state index is 0.293. The third-order valence-corrected chi connectivity index (χ3v) is 3.91. The molecule has 0 amide bonds. The van der Waals surface area contributed by atoms with Crippen molar-refractivity contribution in [3.05, 3.63) is 29.8 Å². The highest BCUT2D eigenvalue weighted by Crippen LogP contribution is 2.29. The molecule has 1 aliphatic heterocycles. The zero-order valence-electron chi connectivity index (χ0n) is 14.5. The highest BCUT2D eigenvalue weighted by atomic mass is 16.7. The molecular weight excluding hydrogens is 326 g/mol. The standard InChI is InChI=1S/C18H21NO6/c1-4-18(5-2)24-16(21)14(17(22)25-18)11-19-13-9-7-12(8-10-13)15(20)23-6-3/h7-11,14H,4-6H2,1-3H3. The van der Waals surface area contributed by atoms with E-state index >= 15 is 0 Å². The summed E-state index contributed by atoms with van der Waals surface area (Å²) in [6, 6.07) is 6.29. The average Bonchev–Trinajstić information content (AvgIpc) is 2.61. The third-order valence-electron chi connectivity index (χ3n) is 3.91. The van der Waals surface area contributed by atoms with Gasteiger partial charge in [-0.05, 0) is 31.2 Å².